The molecule has 1 aliphatic heterocycles. The number of ether oxygens (including phenoxy) is 3. The Bertz CT molecular complexity index is 1620. The van der Waals surface area contributed by atoms with Crippen LogP contribution in [0, 0.1) is 3.57 Å². The summed E-state index contributed by atoms with van der Waals surface area (Å²) in [6.45, 7) is 0.442. The molecule has 1 aliphatic rings. The summed E-state index contributed by atoms with van der Waals surface area (Å²) in [5, 5.41) is 13.0. The second kappa shape index (κ2) is 12.1. The van der Waals surface area contributed by atoms with Gasteiger partial charge in [0, 0.05) is 22.6 Å². The average Bonchev–Trinajstić information content (AvgIpc) is 3.16. The number of nitrogens with zero attached hydrogens (tertiary/aromatic N) is 3. The molecule has 200 valence electrons. The first-order valence-electron chi connectivity index (χ1n) is 12.7. The van der Waals surface area contributed by atoms with Crippen LogP contribution >= 0.6 is 34.4 Å². The van der Waals surface area contributed by atoms with E-state index in [1.165, 1.54) is 17.3 Å². The van der Waals surface area contributed by atoms with Crippen LogP contribution in [0.3, 0.4) is 0 Å². The van der Waals surface area contributed by atoms with Crippen molar-refractivity contribution < 1.29 is 14.2 Å². The normalized spacial score (nSPS) is 13.7. The number of hydrogen-bond acceptors (Lipinski definition) is 8. The van der Waals surface area contributed by atoms with Gasteiger partial charge in [-0.3, -0.25) is 0 Å². The minimum atomic E-state index is -0.545. The van der Waals surface area contributed by atoms with Gasteiger partial charge in [0.15, 0.2) is 23.4 Å². The molecule has 2 heterocycles. The third-order valence-electron chi connectivity index (χ3n) is 6.32. The van der Waals surface area contributed by atoms with Crippen LogP contribution in [0.25, 0.3) is 11.3 Å². The highest BCUT2D eigenvalue weighted by molar-refractivity contribution is 14.1. The van der Waals surface area contributed by atoms with Crippen molar-refractivity contribution >= 4 is 40.0 Å². The van der Waals surface area contributed by atoms with Crippen LogP contribution < -0.4 is 19.5 Å². The van der Waals surface area contributed by atoms with Crippen LogP contribution in [0.1, 0.15) is 22.9 Å². The van der Waals surface area contributed by atoms with Gasteiger partial charge < -0.3 is 19.5 Å². The first-order chi connectivity index (χ1) is 19.7. The first kappa shape index (κ1) is 26.4. The Morgan fingerprint density at radius 1 is 0.900 bits per heavy atom. The van der Waals surface area contributed by atoms with Gasteiger partial charge in [0.2, 0.25) is 11.0 Å². The summed E-state index contributed by atoms with van der Waals surface area (Å²) in [6.07, 6.45) is -0.545. The SMILES string of the molecule is COc1cc([C@H]2Nc3ccccc3-c3nnc(SCc4ccccc4)nc3O2)cc(I)c1OCc1ccccc1. The van der Waals surface area contributed by atoms with Gasteiger partial charge in [-0.1, -0.05) is 90.6 Å². The van der Waals surface area contributed by atoms with Crippen LogP contribution in [0.2, 0.25) is 0 Å². The minimum Gasteiger partial charge on any atom is -0.493 e. The average molecular weight is 661 g/mol. The summed E-state index contributed by atoms with van der Waals surface area (Å²) in [4.78, 5) is 4.78. The standard InChI is InChI=1S/C31H25IN4O3S/c1-37-26-17-22(16-24(32)28(26)38-18-20-10-4-2-5-11-20)29-33-25-15-9-8-14-23(25)27-30(39-29)34-31(36-35-27)40-19-21-12-6-3-7-13-21/h2-17,29,33H,18-19H2,1H3/t29-/m0/s1. The Labute approximate surface area is 250 Å². The van der Waals surface area contributed by atoms with Crippen molar-refractivity contribution in [3.8, 4) is 28.6 Å². The van der Waals surface area contributed by atoms with Crippen LogP contribution in [-0.4, -0.2) is 22.3 Å². The van der Waals surface area contributed by atoms with Crippen molar-refractivity contribution in [2.45, 2.75) is 23.7 Å². The fraction of sp³-hybridized carbons (Fsp3) is 0.129. The summed E-state index contributed by atoms with van der Waals surface area (Å²) in [5.41, 5.74) is 5.49. The molecule has 1 N–H and O–H groups in total. The molecular formula is C31H25IN4O3S. The smallest absolute Gasteiger partial charge is 0.247 e. The van der Waals surface area contributed by atoms with Gasteiger partial charge in [-0.05, 0) is 51.9 Å². The van der Waals surface area contributed by atoms with E-state index in [-0.39, 0.29) is 0 Å². The van der Waals surface area contributed by atoms with Gasteiger partial charge >= 0.3 is 0 Å². The molecular weight excluding hydrogens is 635 g/mol. The maximum atomic E-state index is 6.50. The number of nitrogens with one attached hydrogen (secondary N) is 1. The Morgan fingerprint density at radius 2 is 1.62 bits per heavy atom. The molecule has 7 nitrogen and oxygen atoms in total. The zero-order valence-corrected chi connectivity index (χ0v) is 24.6. The summed E-state index contributed by atoms with van der Waals surface area (Å²) in [5.74, 6) is 2.47. The van der Waals surface area contributed by atoms with E-state index in [0.717, 1.165) is 31.7 Å². The molecule has 0 amide bonds. The minimum absolute atomic E-state index is 0.423. The molecule has 9 heteroatoms. The van der Waals surface area contributed by atoms with Crippen molar-refractivity contribution in [3.63, 3.8) is 0 Å². The Balaban J connectivity index is 1.31. The van der Waals surface area contributed by atoms with Crippen LogP contribution in [0.4, 0.5) is 5.69 Å². The van der Waals surface area contributed by atoms with E-state index in [1.807, 2.05) is 84.9 Å². The first-order valence-corrected chi connectivity index (χ1v) is 14.7. The van der Waals surface area contributed by atoms with Crippen LogP contribution in [0.15, 0.2) is 102 Å². The van der Waals surface area contributed by atoms with Crippen molar-refractivity contribution in [2.75, 3.05) is 12.4 Å². The lowest BCUT2D eigenvalue weighted by molar-refractivity contribution is 0.223. The third kappa shape index (κ3) is 5.85. The molecule has 40 heavy (non-hydrogen) atoms. The quantitative estimate of drug-likeness (QED) is 0.135. The zero-order valence-electron chi connectivity index (χ0n) is 21.6. The predicted molar refractivity (Wildman–Crippen MR) is 165 cm³/mol. The fourth-order valence-electron chi connectivity index (χ4n) is 4.34. The van der Waals surface area contributed by atoms with E-state index in [0.29, 0.717) is 34.8 Å². The number of anilines is 1. The Kier molecular flexibility index (Phi) is 8.01. The largest absolute Gasteiger partial charge is 0.493 e. The number of halogens is 1. The summed E-state index contributed by atoms with van der Waals surface area (Å²) in [7, 11) is 1.64. The van der Waals surface area contributed by atoms with E-state index in [2.05, 4.69) is 50.2 Å². The lowest BCUT2D eigenvalue weighted by Crippen LogP contribution is -2.17. The van der Waals surface area contributed by atoms with Gasteiger partial charge in [-0.15, -0.1) is 10.2 Å². The molecule has 0 saturated heterocycles. The number of para-hydroxylation sites is 1. The lowest BCUT2D eigenvalue weighted by atomic mass is 10.1. The molecule has 0 bridgehead atoms. The molecule has 5 aromatic rings. The molecule has 0 fully saturated rings. The van der Waals surface area contributed by atoms with Crippen molar-refractivity contribution in [1.82, 2.24) is 15.2 Å². The molecule has 1 atom stereocenters. The number of hydrogen-bond donors (Lipinski definition) is 1. The highest BCUT2D eigenvalue weighted by Gasteiger charge is 2.27. The number of benzene rings is 4. The predicted octanol–water partition coefficient (Wildman–Crippen LogP) is 7.53. The molecule has 1 aromatic heterocycles. The number of rotatable bonds is 8. The Hall–Kier alpha value is -3.83. The van der Waals surface area contributed by atoms with E-state index < -0.39 is 6.23 Å². The molecule has 0 radical (unpaired) electrons. The monoisotopic (exact) mass is 660 g/mol. The van der Waals surface area contributed by atoms with Crippen molar-refractivity contribution in [2.24, 2.45) is 0 Å². The summed E-state index contributed by atoms with van der Waals surface area (Å²) < 4.78 is 19.3. The topological polar surface area (TPSA) is 78.4 Å². The molecule has 0 saturated carbocycles. The van der Waals surface area contributed by atoms with Crippen LogP contribution in [0.5, 0.6) is 17.4 Å². The zero-order chi connectivity index (χ0) is 27.3. The number of thioether (sulfide) groups is 1. The molecule has 0 unspecified atom stereocenters. The molecule has 0 spiro atoms. The highest BCUT2D eigenvalue weighted by Crippen LogP contribution is 2.42. The second-order valence-electron chi connectivity index (χ2n) is 9.02. The maximum absolute atomic E-state index is 6.50. The second-order valence-corrected chi connectivity index (χ2v) is 11.1. The number of aromatic nitrogens is 3. The van der Waals surface area contributed by atoms with Crippen LogP contribution in [-0.2, 0) is 12.4 Å². The van der Waals surface area contributed by atoms with Gasteiger partial charge in [0.25, 0.3) is 0 Å². The van der Waals surface area contributed by atoms with Crippen molar-refractivity contribution in [1.29, 1.82) is 0 Å². The maximum Gasteiger partial charge on any atom is 0.247 e. The van der Waals surface area contributed by atoms with E-state index in [1.54, 1.807) is 7.11 Å². The number of methoxy groups -OCH3 is 1. The van der Waals surface area contributed by atoms with Gasteiger partial charge in [-0.2, -0.15) is 4.98 Å². The lowest BCUT2D eigenvalue weighted by Gasteiger charge is -2.21. The molecule has 6 rings (SSSR count). The van der Waals surface area contributed by atoms with Gasteiger partial charge in [0.1, 0.15) is 6.61 Å². The fourth-order valence-corrected chi connectivity index (χ4v) is 5.86. The van der Waals surface area contributed by atoms with Gasteiger partial charge in [-0.25, -0.2) is 0 Å². The van der Waals surface area contributed by atoms with E-state index >= 15 is 0 Å². The molecule has 0 aliphatic carbocycles. The van der Waals surface area contributed by atoms with Crippen molar-refractivity contribution in [3.05, 3.63) is 117 Å². The Morgan fingerprint density at radius 3 is 2.40 bits per heavy atom. The molecule has 4 aromatic carbocycles. The van der Waals surface area contributed by atoms with Gasteiger partial charge in [0.05, 0.1) is 10.7 Å². The van der Waals surface area contributed by atoms with E-state index in [9.17, 15) is 0 Å². The number of fused-ring (bicyclic) bond motifs is 3. The van der Waals surface area contributed by atoms with E-state index in [4.69, 9.17) is 19.2 Å². The third-order valence-corrected chi connectivity index (χ3v) is 8.03. The summed E-state index contributed by atoms with van der Waals surface area (Å²) >= 11 is 3.80. The highest BCUT2D eigenvalue weighted by atomic mass is 127. The summed E-state index contributed by atoms with van der Waals surface area (Å²) in [6, 6.07) is 32.2.